The van der Waals surface area contributed by atoms with Crippen LogP contribution in [0.5, 0.6) is 5.75 Å². The van der Waals surface area contributed by atoms with Gasteiger partial charge in [0.25, 0.3) is 0 Å². The van der Waals surface area contributed by atoms with Crippen molar-refractivity contribution in [1.29, 1.82) is 0 Å². The van der Waals surface area contributed by atoms with E-state index < -0.39 is 5.82 Å². The van der Waals surface area contributed by atoms with Crippen LogP contribution in [0.3, 0.4) is 0 Å². The first kappa shape index (κ1) is 9.00. The average Bonchev–Trinajstić information content (AvgIpc) is 2.09. The lowest BCUT2D eigenvalue weighted by molar-refractivity contribution is 0.273. The fraction of sp³-hybridized carbons (Fsp3) is 0.333. The topological polar surface area (TPSA) is 29.5 Å². The molecular weight excluding hydrogens is 159 g/mol. The van der Waals surface area contributed by atoms with Gasteiger partial charge in [0, 0.05) is 5.56 Å². The highest BCUT2D eigenvalue weighted by molar-refractivity contribution is 5.29. The molecule has 12 heavy (non-hydrogen) atoms. The Morgan fingerprint density at radius 3 is 2.83 bits per heavy atom. The zero-order chi connectivity index (χ0) is 8.97. The third-order valence-corrected chi connectivity index (χ3v) is 1.50. The van der Waals surface area contributed by atoms with Crippen LogP contribution in [-0.4, -0.2) is 11.7 Å². The number of rotatable bonds is 3. The Balaban J connectivity index is 2.89. The Morgan fingerprint density at radius 1 is 1.50 bits per heavy atom. The molecule has 1 aromatic carbocycles. The van der Waals surface area contributed by atoms with Gasteiger partial charge in [-0.25, -0.2) is 4.39 Å². The van der Waals surface area contributed by atoms with Crippen molar-refractivity contribution in [2.75, 3.05) is 6.61 Å². The molecule has 0 fully saturated rings. The molecule has 0 spiro atoms. The molecule has 0 amide bonds. The van der Waals surface area contributed by atoms with Crippen molar-refractivity contribution in [2.45, 2.75) is 13.5 Å². The lowest BCUT2D eigenvalue weighted by atomic mass is 10.2. The fourth-order valence-electron chi connectivity index (χ4n) is 0.929. The van der Waals surface area contributed by atoms with Crippen molar-refractivity contribution in [3.05, 3.63) is 29.6 Å². The zero-order valence-electron chi connectivity index (χ0n) is 6.88. The van der Waals surface area contributed by atoms with Gasteiger partial charge >= 0.3 is 0 Å². The van der Waals surface area contributed by atoms with Gasteiger partial charge in [0.15, 0.2) is 0 Å². The second kappa shape index (κ2) is 4.07. The van der Waals surface area contributed by atoms with Gasteiger partial charge in [-0.15, -0.1) is 0 Å². The van der Waals surface area contributed by atoms with E-state index in [0.29, 0.717) is 12.4 Å². The summed E-state index contributed by atoms with van der Waals surface area (Å²) >= 11 is 0. The van der Waals surface area contributed by atoms with E-state index in [4.69, 9.17) is 9.84 Å². The van der Waals surface area contributed by atoms with Gasteiger partial charge in [-0.2, -0.15) is 0 Å². The molecule has 0 aliphatic rings. The SMILES string of the molecule is CCOc1ccc(F)c(CO)c1. The molecule has 0 aliphatic heterocycles. The Morgan fingerprint density at radius 2 is 2.25 bits per heavy atom. The highest BCUT2D eigenvalue weighted by atomic mass is 19.1. The summed E-state index contributed by atoms with van der Waals surface area (Å²) in [4.78, 5) is 0. The van der Waals surface area contributed by atoms with Crippen molar-refractivity contribution in [1.82, 2.24) is 0 Å². The molecule has 0 aromatic heterocycles. The van der Waals surface area contributed by atoms with Gasteiger partial charge in [-0.3, -0.25) is 0 Å². The molecule has 1 rings (SSSR count). The molecule has 0 saturated carbocycles. The quantitative estimate of drug-likeness (QED) is 0.748. The number of halogens is 1. The average molecular weight is 170 g/mol. The van der Waals surface area contributed by atoms with Gasteiger partial charge in [0.2, 0.25) is 0 Å². The van der Waals surface area contributed by atoms with Crippen LogP contribution in [0.4, 0.5) is 4.39 Å². The van der Waals surface area contributed by atoms with Crippen LogP contribution in [0.1, 0.15) is 12.5 Å². The summed E-state index contributed by atoms with van der Waals surface area (Å²) in [5.74, 6) is 0.184. The normalized spacial score (nSPS) is 9.92. The molecule has 0 heterocycles. The molecule has 1 aromatic rings. The summed E-state index contributed by atoms with van der Waals surface area (Å²) in [6.07, 6.45) is 0. The van der Waals surface area contributed by atoms with Gasteiger partial charge < -0.3 is 9.84 Å². The van der Waals surface area contributed by atoms with Crippen LogP contribution >= 0.6 is 0 Å². The number of aliphatic hydroxyl groups is 1. The third kappa shape index (κ3) is 1.95. The van der Waals surface area contributed by atoms with Crippen LogP contribution in [0, 0.1) is 5.82 Å². The highest BCUT2D eigenvalue weighted by Gasteiger charge is 2.01. The van der Waals surface area contributed by atoms with E-state index in [9.17, 15) is 4.39 Å². The summed E-state index contributed by atoms with van der Waals surface area (Å²) in [6.45, 7) is 2.09. The Kier molecular flexibility index (Phi) is 3.05. The number of ether oxygens (including phenoxy) is 1. The van der Waals surface area contributed by atoms with Crippen molar-refractivity contribution in [3.8, 4) is 5.75 Å². The zero-order valence-corrected chi connectivity index (χ0v) is 6.88. The molecule has 0 saturated heterocycles. The monoisotopic (exact) mass is 170 g/mol. The molecule has 1 N–H and O–H groups in total. The van der Waals surface area contributed by atoms with Crippen LogP contribution < -0.4 is 4.74 Å². The third-order valence-electron chi connectivity index (χ3n) is 1.50. The molecule has 66 valence electrons. The first-order chi connectivity index (χ1) is 5.77. The maximum Gasteiger partial charge on any atom is 0.128 e. The van der Waals surface area contributed by atoms with Crippen molar-refractivity contribution in [2.24, 2.45) is 0 Å². The van der Waals surface area contributed by atoms with E-state index in [-0.39, 0.29) is 12.2 Å². The van der Waals surface area contributed by atoms with Crippen LogP contribution in [0.15, 0.2) is 18.2 Å². The summed E-state index contributed by atoms with van der Waals surface area (Å²) in [6, 6.07) is 4.33. The predicted octanol–water partition coefficient (Wildman–Crippen LogP) is 1.72. The number of hydrogen-bond acceptors (Lipinski definition) is 2. The van der Waals surface area contributed by atoms with Crippen molar-refractivity contribution < 1.29 is 14.2 Å². The maximum absolute atomic E-state index is 12.8. The van der Waals surface area contributed by atoms with Crippen LogP contribution in [-0.2, 0) is 6.61 Å². The second-order valence-corrected chi connectivity index (χ2v) is 2.34. The number of aliphatic hydroxyl groups excluding tert-OH is 1. The van der Waals surface area contributed by atoms with E-state index in [2.05, 4.69) is 0 Å². The number of benzene rings is 1. The maximum atomic E-state index is 12.8. The minimum absolute atomic E-state index is 0.265. The fourth-order valence-corrected chi connectivity index (χ4v) is 0.929. The van der Waals surface area contributed by atoms with Gasteiger partial charge in [0.1, 0.15) is 11.6 Å². The standard InChI is InChI=1S/C9H11FO2/c1-2-12-8-3-4-9(10)7(5-8)6-11/h3-5,11H,2,6H2,1H3. The summed E-state index contributed by atoms with van der Waals surface area (Å²) in [7, 11) is 0. The first-order valence-corrected chi connectivity index (χ1v) is 3.80. The summed E-state index contributed by atoms with van der Waals surface area (Å²) in [5.41, 5.74) is 0.265. The Bertz CT molecular complexity index is 261. The van der Waals surface area contributed by atoms with E-state index in [1.807, 2.05) is 6.92 Å². The van der Waals surface area contributed by atoms with Crippen LogP contribution in [0.25, 0.3) is 0 Å². The van der Waals surface area contributed by atoms with Gasteiger partial charge in [-0.05, 0) is 25.1 Å². The Labute approximate surface area is 70.6 Å². The van der Waals surface area contributed by atoms with Crippen molar-refractivity contribution in [3.63, 3.8) is 0 Å². The first-order valence-electron chi connectivity index (χ1n) is 3.80. The number of hydrogen-bond donors (Lipinski definition) is 1. The second-order valence-electron chi connectivity index (χ2n) is 2.34. The minimum atomic E-state index is -0.402. The minimum Gasteiger partial charge on any atom is -0.494 e. The van der Waals surface area contributed by atoms with Crippen LogP contribution in [0.2, 0.25) is 0 Å². The molecule has 3 heteroatoms. The van der Waals surface area contributed by atoms with E-state index in [0.717, 1.165) is 0 Å². The molecule has 0 aliphatic carbocycles. The largest absolute Gasteiger partial charge is 0.494 e. The molecule has 0 bridgehead atoms. The van der Waals surface area contributed by atoms with E-state index >= 15 is 0 Å². The smallest absolute Gasteiger partial charge is 0.128 e. The van der Waals surface area contributed by atoms with Crippen molar-refractivity contribution >= 4 is 0 Å². The molecule has 0 unspecified atom stereocenters. The Hall–Kier alpha value is -1.09. The predicted molar refractivity (Wildman–Crippen MR) is 43.5 cm³/mol. The highest BCUT2D eigenvalue weighted by Crippen LogP contribution is 2.16. The summed E-state index contributed by atoms with van der Waals surface area (Å²) < 4.78 is 17.9. The lowest BCUT2D eigenvalue weighted by Gasteiger charge is -2.04. The van der Waals surface area contributed by atoms with Gasteiger partial charge in [0.05, 0.1) is 13.2 Å². The molecule has 0 radical (unpaired) electrons. The van der Waals surface area contributed by atoms with E-state index in [1.165, 1.54) is 18.2 Å². The van der Waals surface area contributed by atoms with Gasteiger partial charge in [-0.1, -0.05) is 0 Å². The molecular formula is C9H11FO2. The lowest BCUT2D eigenvalue weighted by Crippen LogP contribution is -1.95. The summed E-state index contributed by atoms with van der Waals surface area (Å²) in [5, 5.41) is 8.72. The molecule has 0 atom stereocenters. The molecule has 2 nitrogen and oxygen atoms in total. The van der Waals surface area contributed by atoms with E-state index in [1.54, 1.807) is 0 Å².